The van der Waals surface area contributed by atoms with Crippen LogP contribution in [0.1, 0.15) is 12.0 Å². The van der Waals surface area contributed by atoms with E-state index in [1.165, 1.54) is 5.56 Å². The predicted molar refractivity (Wildman–Crippen MR) is 122 cm³/mol. The molecule has 1 heterocycles. The van der Waals surface area contributed by atoms with Crippen LogP contribution in [0.3, 0.4) is 0 Å². The number of hydrogen-bond acceptors (Lipinski definition) is 3. The van der Waals surface area contributed by atoms with Crippen LogP contribution < -0.4 is 16.0 Å². The number of nitrogens with zero attached hydrogens (tertiary/aromatic N) is 2. The van der Waals surface area contributed by atoms with Crippen molar-refractivity contribution in [3.63, 3.8) is 0 Å². The van der Waals surface area contributed by atoms with Crippen LogP contribution in [0.15, 0.2) is 94.5 Å². The lowest BCUT2D eigenvalue weighted by atomic mass is 10.1. The molecule has 0 aliphatic heterocycles. The highest BCUT2D eigenvalue weighted by Gasteiger charge is 2.18. The molecular weight excluding hydrogens is 390 g/mol. The minimum atomic E-state index is -0.390. The van der Waals surface area contributed by atoms with Gasteiger partial charge in [0.2, 0.25) is 5.91 Å². The molecular formula is C25H23N3O3. The average molecular weight is 413 g/mol. The van der Waals surface area contributed by atoms with E-state index in [-0.39, 0.29) is 18.0 Å². The second kappa shape index (κ2) is 9.26. The van der Waals surface area contributed by atoms with Gasteiger partial charge in [0.25, 0.3) is 11.1 Å². The fraction of sp³-hybridized carbons (Fsp3) is 0.160. The summed E-state index contributed by atoms with van der Waals surface area (Å²) in [5.74, 6) is -0.257. The molecule has 1 aromatic heterocycles. The summed E-state index contributed by atoms with van der Waals surface area (Å²) in [4.78, 5) is 40.0. The average Bonchev–Trinajstić information content (AvgIpc) is 2.81. The number of amides is 1. The van der Waals surface area contributed by atoms with Crippen LogP contribution in [0.5, 0.6) is 0 Å². The Bertz CT molecular complexity index is 1290. The summed E-state index contributed by atoms with van der Waals surface area (Å²) in [5, 5.41) is 3.16. The molecule has 0 atom stereocenters. The largest absolute Gasteiger partial charge is 0.311 e. The number of anilines is 1. The third kappa shape index (κ3) is 4.64. The van der Waals surface area contributed by atoms with Crippen LogP contribution in [-0.2, 0) is 17.8 Å². The van der Waals surface area contributed by atoms with Gasteiger partial charge < -0.3 is 4.90 Å². The predicted octanol–water partition coefficient (Wildman–Crippen LogP) is 3.36. The molecule has 0 aliphatic rings. The summed E-state index contributed by atoms with van der Waals surface area (Å²) in [6, 6.07) is 26.1. The van der Waals surface area contributed by atoms with E-state index >= 15 is 0 Å². The minimum Gasteiger partial charge on any atom is -0.311 e. The second-order valence-electron chi connectivity index (χ2n) is 7.35. The van der Waals surface area contributed by atoms with Crippen molar-refractivity contribution in [1.29, 1.82) is 0 Å². The molecule has 1 amide bonds. The molecule has 4 aromatic rings. The zero-order valence-electron chi connectivity index (χ0n) is 17.0. The Balaban J connectivity index is 1.57. The van der Waals surface area contributed by atoms with Crippen LogP contribution in [0.4, 0.5) is 5.69 Å². The SMILES string of the molecule is O=C(Cn1[nH]c(=O)c2ccccc2c1=O)N(CCCc1ccccc1)c1ccccc1. The van der Waals surface area contributed by atoms with E-state index in [4.69, 9.17) is 0 Å². The Morgan fingerprint density at radius 1 is 0.806 bits per heavy atom. The first-order valence-electron chi connectivity index (χ1n) is 10.2. The molecule has 0 radical (unpaired) electrons. The number of rotatable bonds is 7. The van der Waals surface area contributed by atoms with Gasteiger partial charge in [0, 0.05) is 12.2 Å². The topological polar surface area (TPSA) is 75.2 Å². The zero-order valence-corrected chi connectivity index (χ0v) is 17.0. The molecule has 0 spiro atoms. The van der Waals surface area contributed by atoms with Crippen LogP contribution in [0.2, 0.25) is 0 Å². The van der Waals surface area contributed by atoms with E-state index in [2.05, 4.69) is 17.2 Å². The van der Waals surface area contributed by atoms with Crippen molar-refractivity contribution in [2.75, 3.05) is 11.4 Å². The fourth-order valence-corrected chi connectivity index (χ4v) is 3.67. The normalized spacial score (nSPS) is 10.8. The highest BCUT2D eigenvalue weighted by Crippen LogP contribution is 2.15. The van der Waals surface area contributed by atoms with E-state index in [0.29, 0.717) is 17.3 Å². The third-order valence-electron chi connectivity index (χ3n) is 5.24. The summed E-state index contributed by atoms with van der Waals surface area (Å²) in [7, 11) is 0. The van der Waals surface area contributed by atoms with Crippen molar-refractivity contribution in [2.45, 2.75) is 19.4 Å². The van der Waals surface area contributed by atoms with Crippen LogP contribution >= 0.6 is 0 Å². The first kappa shape index (κ1) is 20.3. The number of hydrogen-bond donors (Lipinski definition) is 1. The first-order valence-corrected chi connectivity index (χ1v) is 10.2. The van der Waals surface area contributed by atoms with Gasteiger partial charge in [0.05, 0.1) is 10.8 Å². The number of nitrogens with one attached hydrogen (secondary N) is 1. The van der Waals surface area contributed by atoms with E-state index < -0.39 is 5.56 Å². The van der Waals surface area contributed by atoms with Crippen LogP contribution in [-0.4, -0.2) is 22.2 Å². The number of carbonyl (C=O) groups is 1. The van der Waals surface area contributed by atoms with Gasteiger partial charge in [-0.25, -0.2) is 4.68 Å². The van der Waals surface area contributed by atoms with Gasteiger partial charge in [-0.3, -0.25) is 19.5 Å². The van der Waals surface area contributed by atoms with Crippen LogP contribution in [0.25, 0.3) is 10.8 Å². The number of carbonyl (C=O) groups excluding carboxylic acids is 1. The summed E-state index contributed by atoms with van der Waals surface area (Å²) in [6.07, 6.45) is 1.61. The van der Waals surface area contributed by atoms with Crippen molar-refractivity contribution >= 4 is 22.4 Å². The molecule has 156 valence electrons. The van der Waals surface area contributed by atoms with Gasteiger partial charge in [0.1, 0.15) is 6.54 Å². The van der Waals surface area contributed by atoms with E-state index in [1.54, 1.807) is 29.2 Å². The Morgan fingerprint density at radius 3 is 2.13 bits per heavy atom. The number of fused-ring (bicyclic) bond motifs is 1. The quantitative estimate of drug-likeness (QED) is 0.505. The van der Waals surface area contributed by atoms with Crippen molar-refractivity contribution < 1.29 is 4.79 Å². The number of aromatic amines is 1. The first-order chi connectivity index (χ1) is 15.1. The van der Waals surface area contributed by atoms with Gasteiger partial charge in [-0.05, 0) is 42.7 Å². The fourth-order valence-electron chi connectivity index (χ4n) is 3.67. The third-order valence-corrected chi connectivity index (χ3v) is 5.24. The maximum absolute atomic E-state index is 13.2. The Morgan fingerprint density at radius 2 is 1.42 bits per heavy atom. The van der Waals surface area contributed by atoms with Gasteiger partial charge in [-0.1, -0.05) is 60.7 Å². The summed E-state index contributed by atoms with van der Waals surface area (Å²) in [5.41, 5.74) is 1.19. The smallest absolute Gasteiger partial charge is 0.273 e. The lowest BCUT2D eigenvalue weighted by molar-refractivity contribution is -0.119. The molecule has 6 heteroatoms. The minimum absolute atomic E-state index is 0.237. The van der Waals surface area contributed by atoms with Gasteiger partial charge in [0.15, 0.2) is 0 Å². The second-order valence-corrected chi connectivity index (χ2v) is 7.35. The molecule has 0 saturated carbocycles. The highest BCUT2D eigenvalue weighted by atomic mass is 16.2. The van der Waals surface area contributed by atoms with Gasteiger partial charge >= 0.3 is 0 Å². The summed E-state index contributed by atoms with van der Waals surface area (Å²) in [6.45, 7) is 0.267. The van der Waals surface area contributed by atoms with E-state index in [9.17, 15) is 14.4 Å². The molecule has 3 aromatic carbocycles. The number of para-hydroxylation sites is 1. The Kier molecular flexibility index (Phi) is 6.08. The highest BCUT2D eigenvalue weighted by molar-refractivity contribution is 5.93. The van der Waals surface area contributed by atoms with Crippen LogP contribution in [0, 0.1) is 0 Å². The van der Waals surface area contributed by atoms with E-state index in [0.717, 1.165) is 23.2 Å². The lowest BCUT2D eigenvalue weighted by Crippen LogP contribution is -2.40. The Hall–Kier alpha value is -3.93. The van der Waals surface area contributed by atoms with E-state index in [1.807, 2.05) is 48.5 Å². The van der Waals surface area contributed by atoms with Crippen molar-refractivity contribution in [1.82, 2.24) is 9.78 Å². The number of benzene rings is 3. The standard InChI is InChI=1S/C25H23N3O3/c29-23(18-28-25(31)22-16-8-7-15-21(22)24(30)26-28)27(20-13-5-2-6-14-20)17-9-12-19-10-3-1-4-11-19/h1-8,10-11,13-16H,9,12,17-18H2,(H,26,30). The molecule has 31 heavy (non-hydrogen) atoms. The van der Waals surface area contributed by atoms with Crippen molar-refractivity contribution in [2.24, 2.45) is 0 Å². The molecule has 0 aliphatic carbocycles. The molecule has 0 bridgehead atoms. The summed E-state index contributed by atoms with van der Waals surface area (Å²) >= 11 is 0. The molecule has 0 fully saturated rings. The molecule has 4 rings (SSSR count). The van der Waals surface area contributed by atoms with Crippen molar-refractivity contribution in [3.8, 4) is 0 Å². The number of aryl methyl sites for hydroxylation is 1. The lowest BCUT2D eigenvalue weighted by Gasteiger charge is -2.23. The number of aromatic nitrogens is 2. The molecule has 6 nitrogen and oxygen atoms in total. The van der Waals surface area contributed by atoms with Crippen molar-refractivity contribution in [3.05, 3.63) is 111 Å². The molecule has 0 unspecified atom stereocenters. The number of H-pyrrole nitrogens is 1. The maximum Gasteiger partial charge on any atom is 0.273 e. The molecule has 0 saturated heterocycles. The Labute approximate surface area is 179 Å². The van der Waals surface area contributed by atoms with Gasteiger partial charge in [-0.2, -0.15) is 0 Å². The molecule has 1 N–H and O–H groups in total. The zero-order chi connectivity index (χ0) is 21.6. The monoisotopic (exact) mass is 413 g/mol. The summed E-state index contributed by atoms with van der Waals surface area (Å²) < 4.78 is 1.10. The van der Waals surface area contributed by atoms with Gasteiger partial charge in [-0.15, -0.1) is 0 Å². The maximum atomic E-state index is 13.2.